The molecule has 0 bridgehead atoms. The van der Waals surface area contributed by atoms with Gasteiger partial charge in [-0.2, -0.15) is 0 Å². The Hall–Kier alpha value is -2.47. The lowest BCUT2D eigenvalue weighted by molar-refractivity contribution is -0.140. The van der Waals surface area contributed by atoms with Gasteiger partial charge in [-0.25, -0.2) is 0 Å². The van der Waals surface area contributed by atoms with Gasteiger partial charge in [0.2, 0.25) is 11.8 Å². The number of rotatable bonds is 10. The fourth-order valence-electron chi connectivity index (χ4n) is 3.36. The molecule has 2 aromatic carbocycles. The van der Waals surface area contributed by atoms with Crippen LogP contribution in [0.1, 0.15) is 50.8 Å². The summed E-state index contributed by atoms with van der Waals surface area (Å²) >= 11 is 1.57. The van der Waals surface area contributed by atoms with Crippen molar-refractivity contribution in [2.75, 3.05) is 12.9 Å². The van der Waals surface area contributed by atoms with Gasteiger partial charge >= 0.3 is 0 Å². The summed E-state index contributed by atoms with van der Waals surface area (Å²) in [6, 6.07) is 15.4. The minimum absolute atomic E-state index is 0.0409. The van der Waals surface area contributed by atoms with E-state index in [1.54, 1.807) is 23.8 Å². The average Bonchev–Trinajstić information content (AvgIpc) is 2.73. The van der Waals surface area contributed by atoms with Crippen molar-refractivity contribution < 1.29 is 14.3 Å². The van der Waals surface area contributed by atoms with Crippen molar-refractivity contribution >= 4 is 23.6 Å². The number of carbonyl (C=O) groups is 2. The van der Waals surface area contributed by atoms with Gasteiger partial charge in [0.1, 0.15) is 11.8 Å². The number of hydrogen-bond donors (Lipinski definition) is 1. The number of hydrogen-bond acceptors (Lipinski definition) is 4. The maximum absolute atomic E-state index is 13.3. The third-order valence-corrected chi connectivity index (χ3v) is 5.97. The van der Waals surface area contributed by atoms with Crippen molar-refractivity contribution in [1.82, 2.24) is 10.2 Å². The molecule has 0 aromatic heterocycles. The summed E-state index contributed by atoms with van der Waals surface area (Å²) in [5, 5.41) is 3.04. The van der Waals surface area contributed by atoms with E-state index in [1.807, 2.05) is 52.0 Å². The molecule has 0 saturated heterocycles. The van der Waals surface area contributed by atoms with E-state index in [4.69, 9.17) is 4.74 Å². The minimum atomic E-state index is -0.534. The van der Waals surface area contributed by atoms with Crippen LogP contribution < -0.4 is 10.1 Å². The molecule has 0 aliphatic heterocycles. The van der Waals surface area contributed by atoms with Crippen LogP contribution in [0, 0.1) is 6.92 Å². The summed E-state index contributed by atoms with van der Waals surface area (Å²) in [5.41, 5.74) is 2.97. The zero-order valence-electron chi connectivity index (χ0n) is 20.1. The third kappa shape index (κ3) is 8.23. The molecule has 0 aliphatic carbocycles. The molecule has 2 rings (SSSR count). The van der Waals surface area contributed by atoms with Crippen LogP contribution in [0.5, 0.6) is 5.75 Å². The summed E-state index contributed by atoms with van der Waals surface area (Å²) in [6.07, 6.45) is 0.542. The van der Waals surface area contributed by atoms with Crippen LogP contribution in [-0.2, 0) is 21.9 Å². The maximum atomic E-state index is 13.3. The monoisotopic (exact) mass is 456 g/mol. The van der Waals surface area contributed by atoms with Crippen molar-refractivity contribution in [3.63, 3.8) is 0 Å². The van der Waals surface area contributed by atoms with Crippen molar-refractivity contribution in [2.45, 2.75) is 64.9 Å². The second-order valence-electron chi connectivity index (χ2n) is 9.01. The number of carbonyl (C=O) groups excluding carboxylic acids is 2. The van der Waals surface area contributed by atoms with E-state index in [9.17, 15) is 9.59 Å². The number of aryl methyl sites for hydroxylation is 1. The molecule has 2 aromatic rings. The van der Waals surface area contributed by atoms with E-state index in [1.165, 1.54) is 11.1 Å². The molecule has 0 fully saturated rings. The molecule has 6 heteroatoms. The van der Waals surface area contributed by atoms with Crippen LogP contribution >= 0.6 is 11.8 Å². The van der Waals surface area contributed by atoms with Gasteiger partial charge in [0.25, 0.3) is 0 Å². The topological polar surface area (TPSA) is 58.6 Å². The number of methoxy groups -OCH3 is 1. The first-order valence-electron chi connectivity index (χ1n) is 11.0. The van der Waals surface area contributed by atoms with Crippen LogP contribution in [0.3, 0.4) is 0 Å². The van der Waals surface area contributed by atoms with E-state index in [0.717, 1.165) is 17.1 Å². The quantitative estimate of drug-likeness (QED) is 0.549. The Morgan fingerprint density at radius 1 is 1.09 bits per heavy atom. The van der Waals surface area contributed by atoms with Crippen LogP contribution in [0.2, 0.25) is 0 Å². The number of benzene rings is 2. The first-order valence-corrected chi connectivity index (χ1v) is 12.2. The van der Waals surface area contributed by atoms with Gasteiger partial charge < -0.3 is 15.0 Å². The average molecular weight is 457 g/mol. The molecule has 5 nitrogen and oxygen atoms in total. The predicted octanol–water partition coefficient (Wildman–Crippen LogP) is 4.96. The van der Waals surface area contributed by atoms with Gasteiger partial charge in [-0.1, -0.05) is 48.9 Å². The molecular formula is C26H36N2O3S. The van der Waals surface area contributed by atoms with Crippen LogP contribution in [0.4, 0.5) is 0 Å². The highest BCUT2D eigenvalue weighted by Gasteiger charge is 2.30. The molecule has 32 heavy (non-hydrogen) atoms. The summed E-state index contributed by atoms with van der Waals surface area (Å²) in [6.45, 7) is 10.2. The lowest BCUT2D eigenvalue weighted by Gasteiger charge is -2.33. The SMILES string of the molecule is CC[C@H](C(=O)NC(C)(C)C)N(Cc1cccc(OC)c1)C(=O)CSCc1ccc(C)cc1. The van der Waals surface area contributed by atoms with Gasteiger partial charge in [-0.3, -0.25) is 9.59 Å². The first-order chi connectivity index (χ1) is 15.1. The largest absolute Gasteiger partial charge is 0.497 e. The zero-order chi connectivity index (χ0) is 23.7. The number of nitrogens with one attached hydrogen (secondary N) is 1. The van der Waals surface area contributed by atoms with Crippen molar-refractivity contribution in [2.24, 2.45) is 0 Å². The number of nitrogens with zero attached hydrogens (tertiary/aromatic N) is 1. The van der Waals surface area contributed by atoms with Gasteiger partial charge in [-0.05, 0) is 57.4 Å². The van der Waals surface area contributed by atoms with E-state index in [2.05, 4.69) is 36.5 Å². The van der Waals surface area contributed by atoms with Crippen LogP contribution in [-0.4, -0.2) is 41.2 Å². The molecule has 174 valence electrons. The predicted molar refractivity (Wildman–Crippen MR) is 133 cm³/mol. The molecule has 1 atom stereocenters. The summed E-state index contributed by atoms with van der Waals surface area (Å²) < 4.78 is 5.33. The Morgan fingerprint density at radius 2 is 1.78 bits per heavy atom. The van der Waals surface area contributed by atoms with Crippen molar-refractivity contribution in [3.05, 3.63) is 65.2 Å². The fraction of sp³-hybridized carbons (Fsp3) is 0.462. The second kappa shape index (κ2) is 12.0. The standard InChI is InChI=1S/C26H36N2O3S/c1-7-23(25(30)27-26(3,4)5)28(16-21-9-8-10-22(15-21)31-6)24(29)18-32-17-20-13-11-19(2)12-14-20/h8-15,23H,7,16-18H2,1-6H3,(H,27,30)/t23-/m1/s1. The molecule has 0 aliphatic rings. The van der Waals surface area contributed by atoms with Crippen molar-refractivity contribution in [3.8, 4) is 5.75 Å². The first kappa shape index (κ1) is 25.8. The molecule has 0 radical (unpaired) electrons. The normalized spacial score (nSPS) is 12.2. The molecule has 2 amide bonds. The lowest BCUT2D eigenvalue weighted by atomic mass is 10.1. The lowest BCUT2D eigenvalue weighted by Crippen LogP contribution is -2.53. The smallest absolute Gasteiger partial charge is 0.243 e. The van der Waals surface area contributed by atoms with Crippen LogP contribution in [0.15, 0.2) is 48.5 Å². The Bertz CT molecular complexity index is 891. The Morgan fingerprint density at radius 3 is 2.38 bits per heavy atom. The third-order valence-electron chi connectivity index (χ3n) is 4.99. The second-order valence-corrected chi connectivity index (χ2v) is 10.0. The highest BCUT2D eigenvalue weighted by molar-refractivity contribution is 7.99. The Kier molecular flexibility index (Phi) is 9.63. The van der Waals surface area contributed by atoms with E-state index in [-0.39, 0.29) is 17.4 Å². The molecule has 1 N–H and O–H groups in total. The van der Waals surface area contributed by atoms with Gasteiger partial charge in [-0.15, -0.1) is 11.8 Å². The summed E-state index contributed by atoms with van der Waals surface area (Å²) in [4.78, 5) is 28.1. The van der Waals surface area contributed by atoms with E-state index < -0.39 is 6.04 Å². The summed E-state index contributed by atoms with van der Waals surface area (Å²) in [5.74, 6) is 1.64. The Balaban J connectivity index is 2.17. The maximum Gasteiger partial charge on any atom is 0.243 e. The van der Waals surface area contributed by atoms with E-state index in [0.29, 0.717) is 18.7 Å². The van der Waals surface area contributed by atoms with E-state index >= 15 is 0 Å². The molecule has 0 unspecified atom stereocenters. The molecule has 0 heterocycles. The van der Waals surface area contributed by atoms with Gasteiger partial charge in [0.05, 0.1) is 12.9 Å². The zero-order valence-corrected chi connectivity index (χ0v) is 20.9. The fourth-order valence-corrected chi connectivity index (χ4v) is 4.23. The molecule has 0 saturated carbocycles. The van der Waals surface area contributed by atoms with Gasteiger partial charge in [0, 0.05) is 17.8 Å². The Labute approximate surface area is 196 Å². The number of ether oxygens (including phenoxy) is 1. The molecule has 0 spiro atoms. The number of amides is 2. The molecular weight excluding hydrogens is 420 g/mol. The highest BCUT2D eigenvalue weighted by Crippen LogP contribution is 2.20. The number of thioether (sulfide) groups is 1. The van der Waals surface area contributed by atoms with Gasteiger partial charge in [0.15, 0.2) is 0 Å². The highest BCUT2D eigenvalue weighted by atomic mass is 32.2. The summed E-state index contributed by atoms with van der Waals surface area (Å²) in [7, 11) is 1.62. The van der Waals surface area contributed by atoms with Crippen LogP contribution in [0.25, 0.3) is 0 Å². The minimum Gasteiger partial charge on any atom is -0.497 e. The van der Waals surface area contributed by atoms with Crippen molar-refractivity contribution in [1.29, 1.82) is 0 Å².